The Hall–Kier alpha value is -0.380. The first-order valence-corrected chi connectivity index (χ1v) is 4.51. The smallest absolute Gasteiger partial charge is 0.129 e. The maximum Gasteiger partial charge on any atom is 0.129 e. The Labute approximate surface area is 84.6 Å². The Morgan fingerprint density at radius 2 is 2.42 bits per heavy atom. The third-order valence-corrected chi connectivity index (χ3v) is 2.29. The highest BCUT2D eigenvalue weighted by Gasteiger charge is 2.03. The number of nitrogens with zero attached hydrogens (tertiary/aromatic N) is 1. The first kappa shape index (κ1) is 9.71. The summed E-state index contributed by atoms with van der Waals surface area (Å²) in [5, 5.41) is 0.447. The molecule has 0 saturated heterocycles. The Balaban J connectivity index is 3.13. The second-order valence-corrected chi connectivity index (χ2v) is 3.54. The number of nitrogens with two attached hydrogens (primary N) is 1. The molecule has 0 radical (unpaired) electrons. The normalized spacial score (nSPS) is 9.92. The van der Waals surface area contributed by atoms with Crippen LogP contribution in [0.3, 0.4) is 0 Å². The number of aromatic nitrogens is 1. The molecule has 0 saturated carbocycles. The molecular formula is C8H8BrClN2. The first-order valence-electron chi connectivity index (χ1n) is 3.34. The largest absolute Gasteiger partial charge is 0.326 e. The Bertz CT molecular complexity index is 312. The summed E-state index contributed by atoms with van der Waals surface area (Å²) in [6.07, 6.45) is 1.64. The lowest BCUT2D eigenvalue weighted by atomic mass is 10.1. The van der Waals surface area contributed by atoms with Crippen molar-refractivity contribution in [1.82, 2.24) is 4.98 Å². The zero-order chi connectivity index (χ0) is 9.14. The summed E-state index contributed by atoms with van der Waals surface area (Å²) in [4.78, 5) is 3.89. The van der Waals surface area contributed by atoms with Crippen molar-refractivity contribution in [3.63, 3.8) is 0 Å². The minimum atomic E-state index is 0.416. The summed E-state index contributed by atoms with van der Waals surface area (Å²) in [5.41, 5.74) is 7.19. The van der Waals surface area contributed by atoms with Crippen LogP contribution < -0.4 is 5.73 Å². The van der Waals surface area contributed by atoms with Crippen molar-refractivity contribution < 1.29 is 0 Å². The minimum absolute atomic E-state index is 0.416. The lowest BCUT2D eigenvalue weighted by Gasteiger charge is -2.04. The van der Waals surface area contributed by atoms with Crippen LogP contribution in [-0.2, 0) is 0 Å². The number of hydrogen-bond acceptors (Lipinski definition) is 2. The van der Waals surface area contributed by atoms with Crippen LogP contribution in [0.15, 0.2) is 23.3 Å². The van der Waals surface area contributed by atoms with Gasteiger partial charge < -0.3 is 5.73 Å². The van der Waals surface area contributed by atoms with Crippen molar-refractivity contribution in [2.45, 2.75) is 0 Å². The maximum atomic E-state index is 5.70. The quantitative estimate of drug-likeness (QED) is 0.816. The molecule has 0 aliphatic carbocycles. The fourth-order valence-electron chi connectivity index (χ4n) is 0.794. The molecule has 0 amide bonds. The van der Waals surface area contributed by atoms with Gasteiger partial charge in [0, 0.05) is 17.2 Å². The summed E-state index contributed by atoms with van der Waals surface area (Å²) < 4.78 is 0.863. The summed E-state index contributed by atoms with van der Waals surface area (Å²) in [7, 11) is 0. The fourth-order valence-corrected chi connectivity index (χ4v) is 1.45. The van der Waals surface area contributed by atoms with Crippen LogP contribution in [0.25, 0.3) is 5.57 Å². The second kappa shape index (κ2) is 4.03. The molecule has 0 bridgehead atoms. The highest BCUT2D eigenvalue weighted by Crippen LogP contribution is 2.23. The molecule has 0 fully saturated rings. The molecule has 1 rings (SSSR count). The molecule has 64 valence electrons. The van der Waals surface area contributed by atoms with E-state index in [9.17, 15) is 0 Å². The van der Waals surface area contributed by atoms with Gasteiger partial charge in [-0.25, -0.2) is 4.98 Å². The van der Waals surface area contributed by atoms with E-state index in [0.29, 0.717) is 11.7 Å². The van der Waals surface area contributed by atoms with Crippen LogP contribution in [-0.4, -0.2) is 11.5 Å². The molecule has 12 heavy (non-hydrogen) atoms. The monoisotopic (exact) mass is 246 g/mol. The number of pyridine rings is 1. The molecule has 1 heterocycles. The van der Waals surface area contributed by atoms with E-state index in [1.54, 1.807) is 12.3 Å². The number of rotatable bonds is 2. The van der Waals surface area contributed by atoms with Gasteiger partial charge in [-0.2, -0.15) is 0 Å². The van der Waals surface area contributed by atoms with E-state index in [4.69, 9.17) is 17.3 Å². The van der Waals surface area contributed by atoms with Gasteiger partial charge >= 0.3 is 0 Å². The van der Waals surface area contributed by atoms with Crippen molar-refractivity contribution in [2.75, 3.05) is 6.54 Å². The average Bonchev–Trinajstić information content (AvgIpc) is 2.08. The van der Waals surface area contributed by atoms with E-state index >= 15 is 0 Å². The van der Waals surface area contributed by atoms with Gasteiger partial charge in [0.05, 0.1) is 0 Å². The van der Waals surface area contributed by atoms with Crippen LogP contribution in [0.2, 0.25) is 5.15 Å². The van der Waals surface area contributed by atoms with Crippen molar-refractivity contribution in [2.24, 2.45) is 5.73 Å². The van der Waals surface area contributed by atoms with Gasteiger partial charge in [-0.3, -0.25) is 0 Å². The molecule has 2 nitrogen and oxygen atoms in total. The van der Waals surface area contributed by atoms with Crippen molar-refractivity contribution in [3.8, 4) is 0 Å². The van der Waals surface area contributed by atoms with E-state index in [1.807, 2.05) is 0 Å². The van der Waals surface area contributed by atoms with E-state index in [2.05, 4.69) is 27.5 Å². The summed E-state index contributed by atoms with van der Waals surface area (Å²) >= 11 is 9.04. The highest BCUT2D eigenvalue weighted by molar-refractivity contribution is 9.10. The Kier molecular flexibility index (Phi) is 3.26. The lowest BCUT2D eigenvalue weighted by Crippen LogP contribution is -2.01. The first-order chi connectivity index (χ1) is 5.65. The number of halogens is 2. The zero-order valence-electron chi connectivity index (χ0n) is 6.35. The van der Waals surface area contributed by atoms with E-state index in [0.717, 1.165) is 15.6 Å². The van der Waals surface area contributed by atoms with Crippen molar-refractivity contribution >= 4 is 33.1 Å². The molecule has 1 aromatic heterocycles. The summed E-state index contributed by atoms with van der Waals surface area (Å²) in [5.74, 6) is 0. The maximum absolute atomic E-state index is 5.70. The van der Waals surface area contributed by atoms with Gasteiger partial charge in [0.1, 0.15) is 5.15 Å². The Morgan fingerprint density at radius 1 is 1.75 bits per heavy atom. The lowest BCUT2D eigenvalue weighted by molar-refractivity contribution is 1.24. The molecule has 0 aromatic carbocycles. The van der Waals surface area contributed by atoms with Gasteiger partial charge in [-0.1, -0.05) is 18.2 Å². The molecule has 2 N–H and O–H groups in total. The predicted octanol–water partition coefficient (Wildman–Crippen LogP) is 2.47. The highest BCUT2D eigenvalue weighted by atomic mass is 79.9. The van der Waals surface area contributed by atoms with Gasteiger partial charge in [0.2, 0.25) is 0 Å². The molecular weight excluding hydrogens is 239 g/mol. The summed E-state index contributed by atoms with van der Waals surface area (Å²) in [6, 6.07) is 1.74. The standard InChI is InChI=1S/C8H8BrClN2/c1-5(3-11)6-2-8(10)12-4-7(6)9/h2,4H,1,3,11H2. The third kappa shape index (κ3) is 2.06. The molecule has 4 heteroatoms. The van der Waals surface area contributed by atoms with Crippen molar-refractivity contribution in [1.29, 1.82) is 0 Å². The fraction of sp³-hybridized carbons (Fsp3) is 0.125. The second-order valence-electron chi connectivity index (χ2n) is 2.29. The SMILES string of the molecule is C=C(CN)c1cc(Cl)ncc1Br. The number of hydrogen-bond donors (Lipinski definition) is 1. The molecule has 0 aliphatic rings. The molecule has 0 unspecified atom stereocenters. The van der Waals surface area contributed by atoms with E-state index in [1.165, 1.54) is 0 Å². The van der Waals surface area contributed by atoms with Gasteiger partial charge in [0.25, 0.3) is 0 Å². The zero-order valence-corrected chi connectivity index (χ0v) is 8.69. The minimum Gasteiger partial charge on any atom is -0.326 e. The van der Waals surface area contributed by atoms with Crippen LogP contribution >= 0.6 is 27.5 Å². The third-order valence-electron chi connectivity index (χ3n) is 1.45. The van der Waals surface area contributed by atoms with Gasteiger partial charge in [-0.15, -0.1) is 0 Å². The van der Waals surface area contributed by atoms with Crippen LogP contribution in [0.5, 0.6) is 0 Å². The van der Waals surface area contributed by atoms with Crippen LogP contribution in [0.4, 0.5) is 0 Å². The molecule has 0 atom stereocenters. The topological polar surface area (TPSA) is 38.9 Å². The van der Waals surface area contributed by atoms with Gasteiger partial charge in [-0.05, 0) is 33.1 Å². The van der Waals surface area contributed by atoms with Crippen LogP contribution in [0, 0.1) is 0 Å². The predicted molar refractivity (Wildman–Crippen MR) is 55.0 cm³/mol. The Morgan fingerprint density at radius 3 is 3.00 bits per heavy atom. The molecule has 0 spiro atoms. The van der Waals surface area contributed by atoms with E-state index in [-0.39, 0.29) is 0 Å². The summed E-state index contributed by atoms with van der Waals surface area (Å²) in [6.45, 7) is 4.22. The molecule has 0 aliphatic heterocycles. The van der Waals surface area contributed by atoms with Crippen molar-refractivity contribution in [3.05, 3.63) is 34.0 Å². The average molecular weight is 248 g/mol. The van der Waals surface area contributed by atoms with E-state index < -0.39 is 0 Å². The van der Waals surface area contributed by atoms with Gasteiger partial charge in [0.15, 0.2) is 0 Å². The van der Waals surface area contributed by atoms with Crippen LogP contribution in [0.1, 0.15) is 5.56 Å². The molecule has 1 aromatic rings.